The summed E-state index contributed by atoms with van der Waals surface area (Å²) in [7, 11) is 4.57. The van der Waals surface area contributed by atoms with Crippen LogP contribution >= 0.6 is 0 Å². The van der Waals surface area contributed by atoms with Crippen molar-refractivity contribution >= 4 is 11.6 Å². The fourth-order valence-electron chi connectivity index (χ4n) is 2.46. The molecule has 0 aliphatic rings. The Bertz CT molecular complexity index is 717. The maximum absolute atomic E-state index is 12.4. The molecule has 0 aromatic heterocycles. The third-order valence-corrected chi connectivity index (χ3v) is 3.95. The Morgan fingerprint density at radius 2 is 1.58 bits per heavy atom. The molecule has 1 amide bonds. The predicted molar refractivity (Wildman–Crippen MR) is 101 cm³/mol. The summed E-state index contributed by atoms with van der Waals surface area (Å²) in [5.74, 6) is 1.76. The van der Waals surface area contributed by atoms with Gasteiger partial charge in [-0.2, -0.15) is 0 Å². The number of amides is 1. The molecule has 0 heterocycles. The van der Waals surface area contributed by atoms with E-state index in [2.05, 4.69) is 12.2 Å². The molecular weight excluding hydrogens is 334 g/mol. The second kappa shape index (κ2) is 8.99. The van der Waals surface area contributed by atoms with Crippen LogP contribution in [0.15, 0.2) is 36.4 Å². The maximum Gasteiger partial charge on any atom is 0.265 e. The molecule has 0 saturated carbocycles. The first-order chi connectivity index (χ1) is 12.5. The summed E-state index contributed by atoms with van der Waals surface area (Å²) in [4.78, 5) is 12.4. The summed E-state index contributed by atoms with van der Waals surface area (Å²) in [5, 5.41) is 2.81. The second-order valence-electron chi connectivity index (χ2n) is 5.66. The van der Waals surface area contributed by atoms with Gasteiger partial charge in [0.2, 0.25) is 5.75 Å². The Balaban J connectivity index is 2.10. The molecule has 2 aromatic rings. The molecule has 0 fully saturated rings. The van der Waals surface area contributed by atoms with Gasteiger partial charge in [-0.1, -0.05) is 19.1 Å². The molecule has 2 rings (SSSR count). The lowest BCUT2D eigenvalue weighted by Gasteiger charge is -2.17. The summed E-state index contributed by atoms with van der Waals surface area (Å²) in [6.45, 7) is 3.78. The topological polar surface area (TPSA) is 66.0 Å². The van der Waals surface area contributed by atoms with E-state index in [-0.39, 0.29) is 5.91 Å². The molecule has 2 aromatic carbocycles. The van der Waals surface area contributed by atoms with Crippen LogP contribution in [-0.4, -0.2) is 33.3 Å². The monoisotopic (exact) mass is 359 g/mol. The van der Waals surface area contributed by atoms with Gasteiger partial charge in [0.1, 0.15) is 5.75 Å². The van der Waals surface area contributed by atoms with E-state index in [1.165, 1.54) is 26.9 Å². The minimum atomic E-state index is -0.665. The van der Waals surface area contributed by atoms with Crippen molar-refractivity contribution in [2.75, 3.05) is 26.6 Å². The van der Waals surface area contributed by atoms with Gasteiger partial charge < -0.3 is 24.3 Å². The van der Waals surface area contributed by atoms with Crippen molar-refractivity contribution in [1.29, 1.82) is 0 Å². The zero-order valence-electron chi connectivity index (χ0n) is 15.8. The molecule has 0 aliphatic heterocycles. The standard InChI is InChI=1S/C20H25NO5/c1-6-14-7-9-16(10-8-14)26-13(2)20(22)21-15-11-17(23-3)19(25-5)18(12-15)24-4/h7-13H,6H2,1-5H3,(H,21,22)/t13-/m1/s1. The van der Waals surface area contributed by atoms with Gasteiger partial charge in [0.25, 0.3) is 5.91 Å². The van der Waals surface area contributed by atoms with E-state index < -0.39 is 6.10 Å². The van der Waals surface area contributed by atoms with Gasteiger partial charge in [0.05, 0.1) is 21.3 Å². The average molecular weight is 359 g/mol. The van der Waals surface area contributed by atoms with Crippen LogP contribution in [-0.2, 0) is 11.2 Å². The molecule has 1 N–H and O–H groups in total. The van der Waals surface area contributed by atoms with Gasteiger partial charge in [-0.3, -0.25) is 4.79 Å². The number of hydrogen-bond acceptors (Lipinski definition) is 5. The lowest BCUT2D eigenvalue weighted by molar-refractivity contribution is -0.122. The molecule has 0 radical (unpaired) electrons. The smallest absolute Gasteiger partial charge is 0.265 e. The Kier molecular flexibility index (Phi) is 6.72. The van der Waals surface area contributed by atoms with E-state index in [1.807, 2.05) is 24.3 Å². The zero-order chi connectivity index (χ0) is 19.1. The number of aryl methyl sites for hydroxylation is 1. The Hall–Kier alpha value is -2.89. The van der Waals surface area contributed by atoms with Crippen LogP contribution in [0.2, 0.25) is 0 Å². The molecule has 0 spiro atoms. The minimum Gasteiger partial charge on any atom is -0.493 e. The molecule has 0 unspecified atom stereocenters. The number of ether oxygens (including phenoxy) is 4. The first kappa shape index (κ1) is 19.4. The van der Waals surface area contributed by atoms with Crippen molar-refractivity contribution in [2.45, 2.75) is 26.4 Å². The van der Waals surface area contributed by atoms with Gasteiger partial charge in [0.15, 0.2) is 17.6 Å². The number of carbonyl (C=O) groups is 1. The quantitative estimate of drug-likeness (QED) is 0.779. The maximum atomic E-state index is 12.4. The number of anilines is 1. The van der Waals surface area contributed by atoms with Gasteiger partial charge in [-0.05, 0) is 31.0 Å². The highest BCUT2D eigenvalue weighted by atomic mass is 16.5. The molecule has 26 heavy (non-hydrogen) atoms. The molecule has 1 atom stereocenters. The van der Waals surface area contributed by atoms with E-state index >= 15 is 0 Å². The highest BCUT2D eigenvalue weighted by molar-refractivity contribution is 5.94. The highest BCUT2D eigenvalue weighted by Gasteiger charge is 2.18. The van der Waals surface area contributed by atoms with Crippen LogP contribution in [0, 0.1) is 0 Å². The average Bonchev–Trinajstić information content (AvgIpc) is 2.67. The third-order valence-electron chi connectivity index (χ3n) is 3.95. The molecule has 0 aliphatic carbocycles. The Morgan fingerprint density at radius 3 is 2.04 bits per heavy atom. The van der Waals surface area contributed by atoms with Gasteiger partial charge in [-0.15, -0.1) is 0 Å². The fraction of sp³-hybridized carbons (Fsp3) is 0.350. The first-order valence-corrected chi connectivity index (χ1v) is 8.38. The molecule has 6 heteroatoms. The van der Waals surface area contributed by atoms with Gasteiger partial charge in [-0.25, -0.2) is 0 Å². The number of hydrogen-bond donors (Lipinski definition) is 1. The minimum absolute atomic E-state index is 0.279. The highest BCUT2D eigenvalue weighted by Crippen LogP contribution is 2.39. The van der Waals surface area contributed by atoms with Crippen molar-refractivity contribution < 1.29 is 23.7 Å². The number of benzene rings is 2. The number of nitrogens with one attached hydrogen (secondary N) is 1. The molecule has 0 saturated heterocycles. The number of carbonyl (C=O) groups excluding carboxylic acids is 1. The SMILES string of the molecule is CCc1ccc(O[C@H](C)C(=O)Nc2cc(OC)c(OC)c(OC)c2)cc1. The van der Waals surface area contributed by atoms with Crippen LogP contribution < -0.4 is 24.3 Å². The second-order valence-corrected chi connectivity index (χ2v) is 5.66. The van der Waals surface area contributed by atoms with E-state index in [0.29, 0.717) is 28.7 Å². The van der Waals surface area contributed by atoms with Gasteiger partial charge >= 0.3 is 0 Å². The Labute approximate surface area is 154 Å². The number of methoxy groups -OCH3 is 3. The Morgan fingerprint density at radius 1 is 1.00 bits per heavy atom. The van der Waals surface area contributed by atoms with Crippen molar-refractivity contribution in [3.05, 3.63) is 42.0 Å². The zero-order valence-corrected chi connectivity index (χ0v) is 15.8. The van der Waals surface area contributed by atoms with Crippen LogP contribution in [0.25, 0.3) is 0 Å². The van der Waals surface area contributed by atoms with Crippen molar-refractivity contribution in [3.8, 4) is 23.0 Å². The molecule has 0 bridgehead atoms. The normalized spacial score (nSPS) is 11.4. The van der Waals surface area contributed by atoms with Crippen LogP contribution in [0.1, 0.15) is 19.4 Å². The van der Waals surface area contributed by atoms with Crippen molar-refractivity contribution in [2.24, 2.45) is 0 Å². The molecular formula is C20H25NO5. The first-order valence-electron chi connectivity index (χ1n) is 8.38. The fourth-order valence-corrected chi connectivity index (χ4v) is 2.46. The van der Waals surface area contributed by atoms with Crippen LogP contribution in [0.5, 0.6) is 23.0 Å². The lowest BCUT2D eigenvalue weighted by Crippen LogP contribution is -2.30. The van der Waals surface area contributed by atoms with E-state index in [4.69, 9.17) is 18.9 Å². The van der Waals surface area contributed by atoms with Crippen molar-refractivity contribution in [1.82, 2.24) is 0 Å². The van der Waals surface area contributed by atoms with E-state index in [0.717, 1.165) is 6.42 Å². The summed E-state index contributed by atoms with van der Waals surface area (Å²) < 4.78 is 21.6. The largest absolute Gasteiger partial charge is 0.493 e. The number of rotatable bonds is 8. The summed E-state index contributed by atoms with van der Waals surface area (Å²) >= 11 is 0. The molecule has 6 nitrogen and oxygen atoms in total. The van der Waals surface area contributed by atoms with Crippen molar-refractivity contribution in [3.63, 3.8) is 0 Å². The van der Waals surface area contributed by atoms with Gasteiger partial charge in [0, 0.05) is 17.8 Å². The molecule has 140 valence electrons. The van der Waals surface area contributed by atoms with E-state index in [9.17, 15) is 4.79 Å². The summed E-state index contributed by atoms with van der Waals surface area (Å²) in [5.41, 5.74) is 1.74. The van der Waals surface area contributed by atoms with Crippen LogP contribution in [0.4, 0.5) is 5.69 Å². The van der Waals surface area contributed by atoms with E-state index in [1.54, 1.807) is 19.1 Å². The summed E-state index contributed by atoms with van der Waals surface area (Å²) in [6.07, 6.45) is 0.291. The predicted octanol–water partition coefficient (Wildman–Crippen LogP) is 3.68. The van der Waals surface area contributed by atoms with Crippen LogP contribution in [0.3, 0.4) is 0 Å². The lowest BCUT2D eigenvalue weighted by atomic mass is 10.2. The third kappa shape index (κ3) is 4.59. The summed E-state index contributed by atoms with van der Waals surface area (Å²) in [6, 6.07) is 11.0.